The SMILES string of the molecule is CC(C)CN(CCC#N)Cc1ccccc1N. The number of rotatable bonds is 6. The van der Waals surface area contributed by atoms with Gasteiger partial charge in [-0.25, -0.2) is 0 Å². The predicted octanol–water partition coefficient (Wildman–Crippen LogP) is 2.64. The van der Waals surface area contributed by atoms with Crippen LogP contribution in [0.15, 0.2) is 24.3 Å². The smallest absolute Gasteiger partial charge is 0.0635 e. The Balaban J connectivity index is 2.65. The molecule has 0 aliphatic rings. The maximum Gasteiger partial charge on any atom is 0.0635 e. The van der Waals surface area contributed by atoms with Crippen molar-refractivity contribution in [3.8, 4) is 6.07 Å². The number of nitrogen functional groups attached to an aromatic ring is 1. The van der Waals surface area contributed by atoms with Crippen molar-refractivity contribution >= 4 is 5.69 Å². The van der Waals surface area contributed by atoms with Gasteiger partial charge in [-0.05, 0) is 17.5 Å². The van der Waals surface area contributed by atoms with E-state index in [1.165, 1.54) is 0 Å². The molecule has 0 radical (unpaired) electrons. The predicted molar refractivity (Wildman–Crippen MR) is 71.2 cm³/mol. The first-order valence-corrected chi connectivity index (χ1v) is 6.06. The molecule has 0 aliphatic carbocycles. The highest BCUT2D eigenvalue weighted by Crippen LogP contribution is 2.14. The molecule has 1 aromatic rings. The van der Waals surface area contributed by atoms with Gasteiger partial charge in [0, 0.05) is 31.7 Å². The molecule has 0 heterocycles. The Hall–Kier alpha value is -1.53. The third-order valence-electron chi connectivity index (χ3n) is 2.61. The molecule has 17 heavy (non-hydrogen) atoms. The Bertz CT molecular complexity index is 379. The van der Waals surface area contributed by atoms with E-state index in [4.69, 9.17) is 11.0 Å². The van der Waals surface area contributed by atoms with Crippen LogP contribution in [0.5, 0.6) is 0 Å². The van der Waals surface area contributed by atoms with Crippen LogP contribution in [0.25, 0.3) is 0 Å². The zero-order valence-electron chi connectivity index (χ0n) is 10.7. The third-order valence-corrected chi connectivity index (χ3v) is 2.61. The van der Waals surface area contributed by atoms with Gasteiger partial charge in [0.2, 0.25) is 0 Å². The van der Waals surface area contributed by atoms with Gasteiger partial charge in [0.25, 0.3) is 0 Å². The van der Waals surface area contributed by atoms with Gasteiger partial charge in [-0.15, -0.1) is 0 Å². The first kappa shape index (κ1) is 13.5. The number of hydrogen-bond acceptors (Lipinski definition) is 3. The van der Waals surface area contributed by atoms with E-state index in [0.717, 1.165) is 30.9 Å². The van der Waals surface area contributed by atoms with E-state index in [2.05, 4.69) is 30.9 Å². The first-order valence-electron chi connectivity index (χ1n) is 6.06. The monoisotopic (exact) mass is 231 g/mol. The molecule has 1 rings (SSSR count). The third kappa shape index (κ3) is 4.88. The van der Waals surface area contributed by atoms with Crippen LogP contribution >= 0.6 is 0 Å². The Labute approximate surface area is 104 Å². The van der Waals surface area contributed by atoms with Crippen molar-refractivity contribution in [2.75, 3.05) is 18.8 Å². The van der Waals surface area contributed by atoms with Crippen LogP contribution in [-0.2, 0) is 6.54 Å². The molecule has 0 bridgehead atoms. The lowest BCUT2D eigenvalue weighted by molar-refractivity contribution is 0.241. The molecule has 3 heteroatoms. The Morgan fingerprint density at radius 2 is 2.06 bits per heavy atom. The minimum atomic E-state index is 0.569. The fraction of sp³-hybridized carbons (Fsp3) is 0.500. The van der Waals surface area contributed by atoms with Gasteiger partial charge in [-0.2, -0.15) is 5.26 Å². The summed E-state index contributed by atoms with van der Waals surface area (Å²) in [5, 5.41) is 8.67. The second kappa shape index (κ2) is 6.93. The number of nitrogens with zero attached hydrogens (tertiary/aromatic N) is 2. The zero-order valence-corrected chi connectivity index (χ0v) is 10.7. The second-order valence-corrected chi connectivity index (χ2v) is 4.74. The Morgan fingerprint density at radius 1 is 1.35 bits per heavy atom. The topological polar surface area (TPSA) is 53.0 Å². The Kier molecular flexibility index (Phi) is 5.51. The van der Waals surface area contributed by atoms with E-state index < -0.39 is 0 Å². The molecule has 0 atom stereocenters. The van der Waals surface area contributed by atoms with Crippen LogP contribution < -0.4 is 5.73 Å². The van der Waals surface area contributed by atoms with E-state index in [0.29, 0.717) is 12.3 Å². The molecule has 2 N–H and O–H groups in total. The highest BCUT2D eigenvalue weighted by Gasteiger charge is 2.09. The number of hydrogen-bond donors (Lipinski definition) is 1. The molecule has 0 spiro atoms. The fourth-order valence-electron chi connectivity index (χ4n) is 1.88. The van der Waals surface area contributed by atoms with Gasteiger partial charge in [0.1, 0.15) is 0 Å². The van der Waals surface area contributed by atoms with Crippen molar-refractivity contribution in [3.63, 3.8) is 0 Å². The molecule has 0 amide bonds. The average molecular weight is 231 g/mol. The van der Waals surface area contributed by atoms with E-state index in [9.17, 15) is 0 Å². The molecule has 3 nitrogen and oxygen atoms in total. The fourth-order valence-corrected chi connectivity index (χ4v) is 1.88. The van der Waals surface area contributed by atoms with E-state index in [-0.39, 0.29) is 0 Å². The standard InChI is InChI=1S/C14H21N3/c1-12(2)10-17(9-5-8-15)11-13-6-3-4-7-14(13)16/h3-4,6-7,12H,5,9-11,16H2,1-2H3. The lowest BCUT2D eigenvalue weighted by atomic mass is 10.1. The van der Waals surface area contributed by atoms with Gasteiger partial charge in [0.15, 0.2) is 0 Å². The number of nitriles is 1. The summed E-state index contributed by atoms with van der Waals surface area (Å²) < 4.78 is 0. The van der Waals surface area contributed by atoms with Crippen LogP contribution in [0.1, 0.15) is 25.8 Å². The summed E-state index contributed by atoms with van der Waals surface area (Å²) in [6, 6.07) is 10.1. The van der Waals surface area contributed by atoms with Gasteiger partial charge >= 0.3 is 0 Å². The minimum absolute atomic E-state index is 0.569. The molecule has 92 valence electrons. The summed E-state index contributed by atoms with van der Waals surface area (Å²) in [5.74, 6) is 0.596. The summed E-state index contributed by atoms with van der Waals surface area (Å²) in [4.78, 5) is 2.29. The molecule has 0 saturated carbocycles. The summed E-state index contributed by atoms with van der Waals surface area (Å²) in [6.45, 7) is 7.01. The molecular weight excluding hydrogens is 210 g/mol. The quantitative estimate of drug-likeness (QED) is 0.766. The van der Waals surface area contributed by atoms with Crippen molar-refractivity contribution in [2.24, 2.45) is 5.92 Å². The molecule has 0 aliphatic heterocycles. The maximum absolute atomic E-state index is 8.67. The minimum Gasteiger partial charge on any atom is -0.398 e. The zero-order chi connectivity index (χ0) is 12.7. The largest absolute Gasteiger partial charge is 0.398 e. The molecule has 0 aromatic heterocycles. The second-order valence-electron chi connectivity index (χ2n) is 4.74. The summed E-state index contributed by atoms with van der Waals surface area (Å²) in [5.41, 5.74) is 7.91. The highest BCUT2D eigenvalue weighted by atomic mass is 15.1. The van der Waals surface area contributed by atoms with Gasteiger partial charge in [-0.3, -0.25) is 4.90 Å². The van der Waals surface area contributed by atoms with Crippen LogP contribution in [-0.4, -0.2) is 18.0 Å². The van der Waals surface area contributed by atoms with Crippen molar-refractivity contribution in [1.29, 1.82) is 5.26 Å². The van der Waals surface area contributed by atoms with Crippen LogP contribution in [0.2, 0.25) is 0 Å². The lowest BCUT2D eigenvalue weighted by Gasteiger charge is -2.23. The van der Waals surface area contributed by atoms with Crippen molar-refractivity contribution < 1.29 is 0 Å². The number of nitrogens with two attached hydrogens (primary N) is 1. The first-order chi connectivity index (χ1) is 8.13. The van der Waals surface area contributed by atoms with Crippen molar-refractivity contribution in [1.82, 2.24) is 4.90 Å². The maximum atomic E-state index is 8.67. The Morgan fingerprint density at radius 3 is 2.65 bits per heavy atom. The van der Waals surface area contributed by atoms with Gasteiger partial charge in [0.05, 0.1) is 6.07 Å². The lowest BCUT2D eigenvalue weighted by Crippen LogP contribution is -2.28. The van der Waals surface area contributed by atoms with Crippen molar-refractivity contribution in [2.45, 2.75) is 26.8 Å². The molecule has 0 fully saturated rings. The van der Waals surface area contributed by atoms with E-state index in [1.807, 2.05) is 18.2 Å². The number of anilines is 1. The highest BCUT2D eigenvalue weighted by molar-refractivity contribution is 5.46. The van der Waals surface area contributed by atoms with E-state index >= 15 is 0 Å². The van der Waals surface area contributed by atoms with Gasteiger partial charge < -0.3 is 5.73 Å². The molecule has 1 aromatic carbocycles. The van der Waals surface area contributed by atoms with E-state index in [1.54, 1.807) is 0 Å². The molecular formula is C14H21N3. The van der Waals surface area contributed by atoms with Crippen LogP contribution in [0.4, 0.5) is 5.69 Å². The van der Waals surface area contributed by atoms with Gasteiger partial charge in [-0.1, -0.05) is 32.0 Å². The average Bonchev–Trinajstić information content (AvgIpc) is 2.28. The molecule has 0 saturated heterocycles. The number of benzene rings is 1. The summed E-state index contributed by atoms with van der Waals surface area (Å²) >= 11 is 0. The van der Waals surface area contributed by atoms with Crippen LogP contribution in [0.3, 0.4) is 0 Å². The summed E-state index contributed by atoms with van der Waals surface area (Å²) in [6.07, 6.45) is 0.569. The molecule has 0 unspecified atom stereocenters. The van der Waals surface area contributed by atoms with Crippen molar-refractivity contribution in [3.05, 3.63) is 29.8 Å². The summed E-state index contributed by atoms with van der Waals surface area (Å²) in [7, 11) is 0. The van der Waals surface area contributed by atoms with Crippen LogP contribution in [0, 0.1) is 17.2 Å². The number of para-hydroxylation sites is 1. The normalized spacial score (nSPS) is 10.8.